The Labute approximate surface area is 156 Å². The van der Waals surface area contributed by atoms with E-state index in [1.807, 2.05) is 43.3 Å². The summed E-state index contributed by atoms with van der Waals surface area (Å²) in [6.07, 6.45) is 0. The molecule has 0 fully saturated rings. The highest BCUT2D eigenvalue weighted by atomic mass is 16.5. The molecule has 3 N–H and O–H groups in total. The number of aryl methyl sites for hydroxylation is 1. The van der Waals surface area contributed by atoms with E-state index in [4.69, 9.17) is 4.74 Å². The van der Waals surface area contributed by atoms with Crippen LogP contribution in [0.3, 0.4) is 0 Å². The second-order valence-electron chi connectivity index (χ2n) is 5.93. The van der Waals surface area contributed by atoms with E-state index in [2.05, 4.69) is 15.3 Å². The minimum Gasteiger partial charge on any atom is -0.501 e. The van der Waals surface area contributed by atoms with Crippen molar-refractivity contribution >= 4 is 5.91 Å². The maximum atomic E-state index is 12.5. The third kappa shape index (κ3) is 3.98. The van der Waals surface area contributed by atoms with Crippen LogP contribution >= 0.6 is 0 Å². The topological polar surface area (TPSA) is 105 Å². The van der Waals surface area contributed by atoms with Crippen molar-refractivity contribution in [1.29, 1.82) is 0 Å². The molecule has 0 spiro atoms. The van der Waals surface area contributed by atoms with Gasteiger partial charge in [0.25, 0.3) is 11.8 Å². The van der Waals surface area contributed by atoms with Crippen molar-refractivity contribution in [2.75, 3.05) is 7.11 Å². The summed E-state index contributed by atoms with van der Waals surface area (Å²) < 4.78 is 5.25. The van der Waals surface area contributed by atoms with Gasteiger partial charge in [-0.1, -0.05) is 42.0 Å². The summed E-state index contributed by atoms with van der Waals surface area (Å²) >= 11 is 0. The molecular formula is C20H19N3O4. The van der Waals surface area contributed by atoms with E-state index in [1.54, 1.807) is 19.2 Å². The number of rotatable bonds is 5. The number of hydrogen-bond donors (Lipinski definition) is 3. The van der Waals surface area contributed by atoms with Crippen LogP contribution < -0.4 is 10.1 Å². The van der Waals surface area contributed by atoms with Crippen LogP contribution in [0.4, 0.5) is 0 Å². The lowest BCUT2D eigenvalue weighted by atomic mass is 10.1. The summed E-state index contributed by atoms with van der Waals surface area (Å²) in [7, 11) is 1.54. The zero-order chi connectivity index (χ0) is 19.4. The molecule has 7 heteroatoms. The van der Waals surface area contributed by atoms with Crippen molar-refractivity contribution in [2.45, 2.75) is 13.5 Å². The number of hydrogen-bond acceptors (Lipinski definition) is 6. The number of para-hydroxylation sites is 1. The average molecular weight is 365 g/mol. The molecule has 27 heavy (non-hydrogen) atoms. The smallest absolute Gasteiger partial charge is 0.274 e. The molecule has 0 bridgehead atoms. The second-order valence-corrected chi connectivity index (χ2v) is 5.93. The maximum Gasteiger partial charge on any atom is 0.274 e. The van der Waals surface area contributed by atoms with E-state index in [0.717, 1.165) is 11.1 Å². The molecule has 0 unspecified atom stereocenters. The first-order valence-electron chi connectivity index (χ1n) is 8.26. The molecule has 3 aromatic rings. The minimum atomic E-state index is -0.663. The average Bonchev–Trinajstić information content (AvgIpc) is 2.68. The Bertz CT molecular complexity index is 989. The van der Waals surface area contributed by atoms with Gasteiger partial charge < -0.3 is 20.3 Å². The summed E-state index contributed by atoms with van der Waals surface area (Å²) in [5.74, 6) is -1.16. The molecule has 1 aromatic heterocycles. The van der Waals surface area contributed by atoms with Gasteiger partial charge in [0.1, 0.15) is 5.75 Å². The number of ether oxygens (including phenoxy) is 1. The Balaban J connectivity index is 1.88. The number of aromatic nitrogens is 2. The van der Waals surface area contributed by atoms with Gasteiger partial charge in [0.2, 0.25) is 5.75 Å². The van der Waals surface area contributed by atoms with E-state index in [9.17, 15) is 15.0 Å². The van der Waals surface area contributed by atoms with Crippen LogP contribution in [0.1, 0.15) is 21.6 Å². The SMILES string of the molecule is COc1ccccc1CNC(=O)c1nc(-c2cccc(C)c2)nc(O)c1O. The largest absolute Gasteiger partial charge is 0.501 e. The zero-order valence-electron chi connectivity index (χ0n) is 14.9. The number of aromatic hydroxyl groups is 2. The number of benzene rings is 2. The zero-order valence-corrected chi connectivity index (χ0v) is 14.9. The van der Waals surface area contributed by atoms with Crippen molar-refractivity contribution in [3.8, 4) is 28.8 Å². The lowest BCUT2D eigenvalue weighted by molar-refractivity contribution is 0.0941. The first-order valence-corrected chi connectivity index (χ1v) is 8.26. The molecule has 3 rings (SSSR count). The monoisotopic (exact) mass is 365 g/mol. The van der Waals surface area contributed by atoms with Gasteiger partial charge in [-0.2, -0.15) is 4.98 Å². The van der Waals surface area contributed by atoms with Gasteiger partial charge >= 0.3 is 0 Å². The molecule has 2 aromatic carbocycles. The molecular weight excluding hydrogens is 346 g/mol. The van der Waals surface area contributed by atoms with Crippen molar-refractivity contribution in [1.82, 2.24) is 15.3 Å². The molecule has 0 saturated carbocycles. The standard InChI is InChI=1S/C20H19N3O4/c1-12-6-5-8-13(10-12)18-22-16(17(24)20(26)23-18)19(25)21-11-14-7-3-4-9-15(14)27-2/h3-10,24H,11H2,1-2H3,(H,21,25)(H,22,23,26). The van der Waals surface area contributed by atoms with Gasteiger partial charge in [-0.15, -0.1) is 0 Å². The quantitative estimate of drug-likeness (QED) is 0.642. The molecule has 1 amide bonds. The van der Waals surface area contributed by atoms with Crippen molar-refractivity contribution in [2.24, 2.45) is 0 Å². The minimum absolute atomic E-state index is 0.149. The summed E-state index contributed by atoms with van der Waals surface area (Å²) in [5.41, 5.74) is 2.08. The fourth-order valence-electron chi connectivity index (χ4n) is 2.62. The van der Waals surface area contributed by atoms with Crippen LogP contribution in [0.15, 0.2) is 48.5 Å². The van der Waals surface area contributed by atoms with Crippen molar-refractivity contribution in [3.05, 3.63) is 65.4 Å². The van der Waals surface area contributed by atoms with Crippen LogP contribution in [0.25, 0.3) is 11.4 Å². The van der Waals surface area contributed by atoms with Crippen molar-refractivity contribution in [3.63, 3.8) is 0 Å². The summed E-state index contributed by atoms with van der Waals surface area (Å²) in [6, 6.07) is 14.6. The Hall–Kier alpha value is -3.61. The molecule has 138 valence electrons. The first-order chi connectivity index (χ1) is 13.0. The summed E-state index contributed by atoms with van der Waals surface area (Å²) in [5, 5.41) is 22.6. The second kappa shape index (κ2) is 7.74. The number of carbonyl (C=O) groups is 1. The van der Waals surface area contributed by atoms with Crippen LogP contribution in [0, 0.1) is 6.92 Å². The molecule has 0 atom stereocenters. The Morgan fingerprint density at radius 1 is 1.11 bits per heavy atom. The fraction of sp³-hybridized carbons (Fsp3) is 0.150. The molecule has 0 aliphatic carbocycles. The van der Waals surface area contributed by atoms with Gasteiger partial charge in [-0.25, -0.2) is 4.98 Å². The molecule has 0 aliphatic heterocycles. The Morgan fingerprint density at radius 2 is 1.89 bits per heavy atom. The lowest BCUT2D eigenvalue weighted by Gasteiger charge is -2.11. The van der Waals surface area contributed by atoms with Crippen LogP contribution in [0.2, 0.25) is 0 Å². The summed E-state index contributed by atoms with van der Waals surface area (Å²) in [4.78, 5) is 20.5. The van der Waals surface area contributed by atoms with Crippen molar-refractivity contribution < 1.29 is 19.7 Å². The highest BCUT2D eigenvalue weighted by molar-refractivity contribution is 5.95. The molecule has 1 heterocycles. The Kier molecular flexibility index (Phi) is 5.21. The fourth-order valence-corrected chi connectivity index (χ4v) is 2.62. The van der Waals surface area contributed by atoms with E-state index in [1.165, 1.54) is 0 Å². The third-order valence-corrected chi connectivity index (χ3v) is 3.99. The van der Waals surface area contributed by atoms with Crippen LogP contribution in [-0.2, 0) is 6.54 Å². The molecule has 0 aliphatic rings. The number of methoxy groups -OCH3 is 1. The highest BCUT2D eigenvalue weighted by Crippen LogP contribution is 2.29. The summed E-state index contributed by atoms with van der Waals surface area (Å²) in [6.45, 7) is 2.08. The highest BCUT2D eigenvalue weighted by Gasteiger charge is 2.20. The predicted molar refractivity (Wildman–Crippen MR) is 99.7 cm³/mol. The number of carbonyl (C=O) groups excluding carboxylic acids is 1. The predicted octanol–water partition coefficient (Wildman–Crippen LogP) is 2.80. The van der Waals surface area contributed by atoms with Crippen LogP contribution in [-0.4, -0.2) is 33.2 Å². The Morgan fingerprint density at radius 3 is 2.63 bits per heavy atom. The number of amides is 1. The van der Waals surface area contributed by atoms with E-state index >= 15 is 0 Å². The van der Waals surface area contributed by atoms with Gasteiger partial charge in [0.05, 0.1) is 7.11 Å². The third-order valence-electron chi connectivity index (χ3n) is 3.99. The molecule has 0 radical (unpaired) electrons. The van der Waals surface area contributed by atoms with Gasteiger partial charge in [-0.3, -0.25) is 4.79 Å². The molecule has 7 nitrogen and oxygen atoms in total. The van der Waals surface area contributed by atoms with E-state index in [-0.39, 0.29) is 18.1 Å². The van der Waals surface area contributed by atoms with Gasteiger partial charge in [0.15, 0.2) is 11.5 Å². The molecule has 0 saturated heterocycles. The van der Waals surface area contributed by atoms with Crippen LogP contribution in [0.5, 0.6) is 17.4 Å². The van der Waals surface area contributed by atoms with Gasteiger partial charge in [-0.05, 0) is 19.1 Å². The van der Waals surface area contributed by atoms with Gasteiger partial charge in [0, 0.05) is 17.7 Å². The first kappa shape index (κ1) is 18.2. The normalized spacial score (nSPS) is 10.4. The number of nitrogens with zero attached hydrogens (tertiary/aromatic N) is 2. The maximum absolute atomic E-state index is 12.5. The van der Waals surface area contributed by atoms with E-state index in [0.29, 0.717) is 11.3 Å². The lowest BCUT2D eigenvalue weighted by Crippen LogP contribution is -2.24. The number of nitrogens with one attached hydrogen (secondary N) is 1. The van der Waals surface area contributed by atoms with E-state index < -0.39 is 17.5 Å².